The molecule has 0 aliphatic carbocycles. The van der Waals surface area contributed by atoms with Gasteiger partial charge in [0.1, 0.15) is 0 Å². The zero-order valence-corrected chi connectivity index (χ0v) is 64.9. The van der Waals surface area contributed by atoms with Gasteiger partial charge in [0.15, 0.2) is 0 Å². The number of para-hydroxylation sites is 4. The van der Waals surface area contributed by atoms with Crippen molar-refractivity contribution in [3.63, 3.8) is 0 Å². The molecule has 0 N–H and O–H groups in total. The van der Waals surface area contributed by atoms with Crippen molar-refractivity contribution in [1.29, 1.82) is 0 Å². The van der Waals surface area contributed by atoms with Crippen molar-refractivity contribution >= 4 is 79.0 Å². The van der Waals surface area contributed by atoms with Gasteiger partial charge in [-0.25, -0.2) is 0 Å². The van der Waals surface area contributed by atoms with Crippen LogP contribution in [0.3, 0.4) is 0 Å². The highest BCUT2D eigenvalue weighted by atomic mass is 15.2. The number of rotatable bonds is 9. The predicted octanol–water partition coefficient (Wildman–Crippen LogP) is 26.7. The van der Waals surface area contributed by atoms with Gasteiger partial charge in [-0.1, -0.05) is 367 Å². The van der Waals surface area contributed by atoms with Crippen molar-refractivity contribution in [2.24, 2.45) is 0 Å². The molecule has 14 aromatic rings. The Morgan fingerprint density at radius 1 is 0.264 bits per heavy atom. The van der Waals surface area contributed by atoms with Crippen molar-refractivity contribution in [3.05, 3.63) is 312 Å². The van der Waals surface area contributed by atoms with Crippen LogP contribution in [0.1, 0.15) is 169 Å². The molecule has 0 saturated carbocycles. The first-order valence-electron chi connectivity index (χ1n) is 41.7. The molecule has 4 heteroatoms. The van der Waals surface area contributed by atoms with Gasteiger partial charge in [0, 0.05) is 55.8 Å². The fraction of sp³-hybridized carbons (Fsp3) is 0.235. The van der Waals surface area contributed by atoms with Crippen LogP contribution in [0.25, 0.3) is 94.3 Å². The Balaban J connectivity index is 1.14. The van der Waals surface area contributed by atoms with Crippen LogP contribution in [-0.2, 0) is 32.5 Å². The molecular formula is C102H100BN3. The average molecular weight is 1390 g/mol. The number of fused-ring (bicyclic) bond motifs is 7. The molecule has 0 atom stereocenters. The maximum absolute atomic E-state index is 10.2. The highest BCUT2D eigenvalue weighted by Crippen LogP contribution is 2.55. The van der Waals surface area contributed by atoms with E-state index in [1.807, 2.05) is 0 Å². The van der Waals surface area contributed by atoms with Crippen LogP contribution >= 0.6 is 0 Å². The summed E-state index contributed by atoms with van der Waals surface area (Å²) < 4.78 is 79.8. The minimum absolute atomic E-state index is 0.00374. The Bertz CT molecular complexity index is 5690. The molecule has 106 heavy (non-hydrogen) atoms. The molecule has 3 heterocycles. The van der Waals surface area contributed by atoms with Crippen LogP contribution in [-0.4, -0.2) is 11.3 Å². The van der Waals surface area contributed by atoms with E-state index in [0.717, 1.165) is 117 Å². The van der Waals surface area contributed by atoms with Gasteiger partial charge in [0.05, 0.1) is 39.1 Å². The molecule has 16 rings (SSSR count). The summed E-state index contributed by atoms with van der Waals surface area (Å²) in [6, 6.07) is 82.0. The second-order valence-corrected chi connectivity index (χ2v) is 35.7. The number of hydrogen-bond acceptors (Lipinski definition) is 2. The molecule has 2 aliphatic rings. The first-order valence-corrected chi connectivity index (χ1v) is 37.7. The Morgan fingerprint density at radius 3 is 0.792 bits per heavy atom. The van der Waals surface area contributed by atoms with E-state index in [-0.39, 0.29) is 66.4 Å². The van der Waals surface area contributed by atoms with E-state index in [9.17, 15) is 11.0 Å². The number of hydrogen-bond donors (Lipinski definition) is 0. The molecule has 0 saturated heterocycles. The quantitative estimate of drug-likeness (QED) is 0.133. The summed E-state index contributed by atoms with van der Waals surface area (Å²) in [6.07, 6.45) is 0. The fourth-order valence-electron chi connectivity index (χ4n) is 16.0. The summed E-state index contributed by atoms with van der Waals surface area (Å²) in [6.45, 7) is 39.9. The maximum atomic E-state index is 10.2. The number of anilines is 6. The second kappa shape index (κ2) is 25.5. The lowest BCUT2D eigenvalue weighted by Crippen LogP contribution is -2.61. The summed E-state index contributed by atoms with van der Waals surface area (Å²) in [4.78, 5) is 4.94. The molecule has 0 spiro atoms. The summed E-state index contributed by atoms with van der Waals surface area (Å²) >= 11 is 0. The number of aromatic nitrogens is 1. The molecule has 0 radical (unpaired) electrons. The molecule has 2 aliphatic heterocycles. The third-order valence-corrected chi connectivity index (χ3v) is 22.3. The molecule has 0 amide bonds. The minimum atomic E-state index is -0.508. The van der Waals surface area contributed by atoms with E-state index in [4.69, 9.17) is 0 Å². The van der Waals surface area contributed by atoms with Gasteiger partial charge >= 0.3 is 0 Å². The zero-order valence-electron chi connectivity index (χ0n) is 72.9. The molecule has 526 valence electrons. The first kappa shape index (κ1) is 60.6. The standard InChI is InChI=1S/C102H100BN3/c1-97(2,3)73-47-33-65(34-48-73)71-45-59-86-90(61-71)105(95-80(67-37-51-75(52-38-67)99(7,8)9)27-23-28-81(95)68-39-53-76(54-40-68)100(10,11)12)92-63-79(104-88-31-21-19-25-84(88)85-26-20-22-32-89(85)104)64-93-94(92)103(86)87-60-46-72(66-35-49-74(50-36-66)98(4,5)6)62-91(87)106(93)96-82(69-41-55-77(56-42-69)101(13,14)15)29-24-30-83(96)70-43-57-78(58-44-70)102(16,17)18/h19-64H,1-18H3/i19D,20D,21D,22D,25D,26D,31D,32D. The lowest BCUT2D eigenvalue weighted by molar-refractivity contribution is 0.590. The molecule has 1 aromatic heterocycles. The monoisotopic (exact) mass is 1390 g/mol. The highest BCUT2D eigenvalue weighted by molar-refractivity contribution is 7.00. The average Bonchev–Trinajstić information content (AvgIpc) is 0.956. The van der Waals surface area contributed by atoms with E-state index in [1.165, 1.54) is 33.4 Å². The summed E-state index contributed by atoms with van der Waals surface area (Å²) in [5.41, 5.74) is 26.9. The molecular weight excluding hydrogens is 1280 g/mol. The van der Waals surface area contributed by atoms with E-state index < -0.39 is 43.0 Å². The zero-order chi connectivity index (χ0) is 81.3. The van der Waals surface area contributed by atoms with E-state index >= 15 is 0 Å². The maximum Gasteiger partial charge on any atom is 0.252 e. The van der Waals surface area contributed by atoms with Gasteiger partial charge in [-0.3, -0.25) is 0 Å². The van der Waals surface area contributed by atoms with Crippen LogP contribution in [0.5, 0.6) is 0 Å². The van der Waals surface area contributed by atoms with Crippen molar-refractivity contribution in [2.45, 2.75) is 157 Å². The van der Waals surface area contributed by atoms with Crippen molar-refractivity contribution in [3.8, 4) is 72.4 Å². The van der Waals surface area contributed by atoms with Crippen molar-refractivity contribution < 1.29 is 11.0 Å². The second-order valence-electron chi connectivity index (χ2n) is 35.7. The normalized spacial score (nSPS) is 14.4. The smallest absolute Gasteiger partial charge is 0.252 e. The third-order valence-electron chi connectivity index (χ3n) is 22.3. The van der Waals surface area contributed by atoms with Crippen LogP contribution in [0.2, 0.25) is 0 Å². The van der Waals surface area contributed by atoms with Gasteiger partial charge in [-0.15, -0.1) is 0 Å². The summed E-state index contributed by atoms with van der Waals surface area (Å²) in [5.74, 6) is 0. The van der Waals surface area contributed by atoms with Crippen molar-refractivity contribution in [2.75, 3.05) is 9.80 Å². The summed E-state index contributed by atoms with van der Waals surface area (Å²) in [5, 5.41) is -0.00747. The molecule has 0 bridgehead atoms. The number of nitrogens with zero attached hydrogens (tertiary/aromatic N) is 3. The van der Waals surface area contributed by atoms with Gasteiger partial charge < -0.3 is 14.4 Å². The summed E-state index contributed by atoms with van der Waals surface area (Å²) in [7, 11) is 0. The SMILES string of the molecule is [2H]c1c([2H])c([2H])c2c(c1[2H])c1c([2H])c([2H])c([2H])c([2H])c1n2-c1cc2c3c(c1)N(c1c(-c4ccc(C(C)(C)C)cc4)cccc1-c1ccc(C(C)(C)C)cc1)c1cc(-c4ccc(C(C)(C)C)cc4)ccc1B3c1ccc(-c3ccc(C(C)(C)C)cc3)cc1N2c1c(-c2ccc(C(C)(C)C)cc2)cccc1-c1ccc(C(C)(C)C)cc1. The van der Waals surface area contributed by atoms with Crippen molar-refractivity contribution in [1.82, 2.24) is 4.57 Å². The molecule has 0 unspecified atom stereocenters. The van der Waals surface area contributed by atoms with Crippen LogP contribution in [0.15, 0.2) is 279 Å². The highest BCUT2D eigenvalue weighted by Gasteiger charge is 2.46. The van der Waals surface area contributed by atoms with Crippen LogP contribution in [0.4, 0.5) is 34.1 Å². The topological polar surface area (TPSA) is 11.4 Å². The minimum Gasteiger partial charge on any atom is -0.310 e. The first-order chi connectivity index (χ1) is 53.7. The van der Waals surface area contributed by atoms with Gasteiger partial charge in [-0.05, 0) is 163 Å². The molecule has 3 nitrogen and oxygen atoms in total. The van der Waals surface area contributed by atoms with E-state index in [2.05, 4.69) is 365 Å². The lowest BCUT2D eigenvalue weighted by atomic mass is 9.33. The Morgan fingerprint density at radius 2 is 0.519 bits per heavy atom. The van der Waals surface area contributed by atoms with E-state index in [0.29, 0.717) is 5.69 Å². The van der Waals surface area contributed by atoms with E-state index in [1.54, 1.807) is 4.57 Å². The van der Waals surface area contributed by atoms with Crippen LogP contribution in [0, 0.1) is 0 Å². The van der Waals surface area contributed by atoms with Gasteiger partial charge in [0.25, 0.3) is 6.71 Å². The predicted molar refractivity (Wildman–Crippen MR) is 460 cm³/mol. The largest absolute Gasteiger partial charge is 0.310 e. The van der Waals surface area contributed by atoms with Crippen LogP contribution < -0.4 is 26.2 Å². The molecule has 0 fully saturated rings. The Hall–Kier alpha value is -10.7. The fourth-order valence-corrected chi connectivity index (χ4v) is 16.0. The Labute approximate surface area is 642 Å². The van der Waals surface area contributed by atoms with Gasteiger partial charge in [0.2, 0.25) is 0 Å². The Kier molecular flexibility index (Phi) is 14.6. The third kappa shape index (κ3) is 12.4. The lowest BCUT2D eigenvalue weighted by Gasteiger charge is -2.46. The van der Waals surface area contributed by atoms with Gasteiger partial charge in [-0.2, -0.15) is 0 Å². The number of benzene rings is 13. The molecule has 13 aromatic carbocycles.